The maximum atomic E-state index is 12.1. The summed E-state index contributed by atoms with van der Waals surface area (Å²) in [6.45, 7) is 0.701. The first-order chi connectivity index (χ1) is 9.86. The Morgan fingerprint density at radius 2 is 1.76 bits per heavy atom. The Balaban J connectivity index is 1.91. The van der Waals surface area contributed by atoms with Crippen LogP contribution < -0.4 is 5.32 Å². The van der Waals surface area contributed by atoms with Gasteiger partial charge in [0.2, 0.25) is 0 Å². The Hall–Kier alpha value is -1.79. The van der Waals surface area contributed by atoms with Crippen LogP contribution in [0.15, 0.2) is 0 Å². The zero-order valence-electron chi connectivity index (χ0n) is 12.1. The van der Waals surface area contributed by atoms with Gasteiger partial charge in [0, 0.05) is 6.04 Å². The van der Waals surface area contributed by atoms with E-state index in [2.05, 4.69) is 5.32 Å². The highest BCUT2D eigenvalue weighted by molar-refractivity contribution is 5.84. The smallest absolute Gasteiger partial charge is 0.323 e. The third-order valence-corrected chi connectivity index (χ3v) is 4.73. The summed E-state index contributed by atoms with van der Waals surface area (Å²) >= 11 is 0. The predicted molar refractivity (Wildman–Crippen MR) is 73.8 cm³/mol. The summed E-state index contributed by atoms with van der Waals surface area (Å²) in [5, 5.41) is 20.3. The van der Waals surface area contributed by atoms with Crippen molar-refractivity contribution in [3.63, 3.8) is 0 Å². The number of carboxylic acids is 2. The average molecular weight is 298 g/mol. The molecule has 0 aromatic heterocycles. The zero-order valence-corrected chi connectivity index (χ0v) is 12.1. The fourth-order valence-electron chi connectivity index (χ4n) is 3.83. The van der Waals surface area contributed by atoms with E-state index >= 15 is 0 Å². The van der Waals surface area contributed by atoms with Crippen molar-refractivity contribution >= 4 is 18.0 Å². The average Bonchev–Trinajstić information content (AvgIpc) is 2.98. The van der Waals surface area contributed by atoms with Crippen LogP contribution in [0.5, 0.6) is 0 Å². The molecule has 118 valence electrons. The van der Waals surface area contributed by atoms with Crippen LogP contribution in [0.3, 0.4) is 0 Å². The fourth-order valence-corrected chi connectivity index (χ4v) is 3.83. The van der Waals surface area contributed by atoms with Crippen LogP contribution in [0.1, 0.15) is 32.6 Å². The summed E-state index contributed by atoms with van der Waals surface area (Å²) in [4.78, 5) is 34.3. The minimum Gasteiger partial charge on any atom is -0.480 e. The van der Waals surface area contributed by atoms with Gasteiger partial charge in [0.05, 0.1) is 0 Å². The molecule has 0 radical (unpaired) electrons. The van der Waals surface area contributed by atoms with Crippen LogP contribution in [0.2, 0.25) is 0 Å². The van der Waals surface area contributed by atoms with Crippen molar-refractivity contribution < 1.29 is 24.6 Å². The summed E-state index contributed by atoms with van der Waals surface area (Å²) in [6.07, 6.45) is 4.79. The van der Waals surface area contributed by atoms with Gasteiger partial charge in [-0.15, -0.1) is 0 Å². The van der Waals surface area contributed by atoms with Crippen molar-refractivity contribution in [3.8, 4) is 0 Å². The van der Waals surface area contributed by atoms with E-state index < -0.39 is 31.1 Å². The number of urea groups is 1. The minimum atomic E-state index is -1.22. The second-order valence-electron chi connectivity index (χ2n) is 6.22. The van der Waals surface area contributed by atoms with Crippen molar-refractivity contribution in [1.82, 2.24) is 10.2 Å². The molecule has 2 aliphatic carbocycles. The number of carbonyl (C=O) groups is 3. The number of nitrogens with zero attached hydrogens (tertiary/aromatic N) is 1. The van der Waals surface area contributed by atoms with E-state index in [1.165, 1.54) is 19.3 Å². The lowest BCUT2D eigenvalue weighted by Gasteiger charge is -2.30. The lowest BCUT2D eigenvalue weighted by molar-refractivity contribution is -0.140. The van der Waals surface area contributed by atoms with Gasteiger partial charge in [-0.05, 0) is 43.9 Å². The summed E-state index contributed by atoms with van der Waals surface area (Å²) in [5.41, 5.74) is 0. The van der Waals surface area contributed by atoms with Crippen LogP contribution in [-0.2, 0) is 9.59 Å². The number of aliphatic carboxylic acids is 2. The molecular weight excluding hydrogens is 276 g/mol. The number of fused-ring (bicyclic) bond motifs is 2. The van der Waals surface area contributed by atoms with E-state index in [0.29, 0.717) is 11.8 Å². The van der Waals surface area contributed by atoms with Gasteiger partial charge in [0.25, 0.3) is 0 Å². The largest absolute Gasteiger partial charge is 0.480 e. The number of hydrogen-bond donors (Lipinski definition) is 3. The summed E-state index contributed by atoms with van der Waals surface area (Å²) in [7, 11) is 0. The quantitative estimate of drug-likeness (QED) is 0.678. The highest BCUT2D eigenvalue weighted by Gasteiger charge is 2.42. The third kappa shape index (κ3) is 3.86. The second kappa shape index (κ2) is 6.32. The molecule has 2 fully saturated rings. The standard InChI is InChI=1S/C14H22N2O5/c1-8(11-5-9-2-3-10(11)4-9)15-14(21)16(6-12(17)18)7-13(19)20/h8-11H,2-7H2,1H3,(H,15,21)(H,17,18)(H,19,20). The van der Waals surface area contributed by atoms with Crippen LogP contribution in [0.4, 0.5) is 4.79 Å². The van der Waals surface area contributed by atoms with Crippen LogP contribution >= 0.6 is 0 Å². The van der Waals surface area contributed by atoms with Crippen LogP contribution in [0, 0.1) is 17.8 Å². The number of nitrogens with one attached hydrogen (secondary N) is 1. The van der Waals surface area contributed by atoms with Gasteiger partial charge in [-0.25, -0.2) is 4.79 Å². The minimum absolute atomic E-state index is 0.0575. The molecule has 0 saturated heterocycles. The Labute approximate surface area is 123 Å². The Bertz CT molecular complexity index is 423. The third-order valence-electron chi connectivity index (χ3n) is 4.73. The van der Waals surface area contributed by atoms with Crippen LogP contribution in [-0.4, -0.2) is 52.2 Å². The molecule has 7 heteroatoms. The molecule has 3 N–H and O–H groups in total. The van der Waals surface area contributed by atoms with Crippen molar-refractivity contribution in [1.29, 1.82) is 0 Å². The molecule has 7 nitrogen and oxygen atoms in total. The van der Waals surface area contributed by atoms with Gasteiger partial charge in [-0.3, -0.25) is 9.59 Å². The molecule has 4 atom stereocenters. The molecule has 2 amide bonds. The molecular formula is C14H22N2O5. The molecule has 21 heavy (non-hydrogen) atoms. The molecule has 2 bridgehead atoms. The molecule has 0 aliphatic heterocycles. The Kier molecular flexibility index (Phi) is 4.69. The zero-order chi connectivity index (χ0) is 15.6. The van der Waals surface area contributed by atoms with Gasteiger partial charge in [-0.1, -0.05) is 6.42 Å². The molecule has 0 spiro atoms. The number of carboxylic acid groups (broad SMARTS) is 2. The van der Waals surface area contributed by atoms with Gasteiger partial charge in [0.1, 0.15) is 13.1 Å². The number of amides is 2. The first-order valence-corrected chi connectivity index (χ1v) is 7.35. The maximum absolute atomic E-state index is 12.1. The molecule has 4 unspecified atom stereocenters. The lowest BCUT2D eigenvalue weighted by atomic mass is 9.84. The molecule has 0 aromatic carbocycles. The second-order valence-corrected chi connectivity index (χ2v) is 6.22. The van der Waals surface area contributed by atoms with E-state index in [-0.39, 0.29) is 6.04 Å². The van der Waals surface area contributed by atoms with Gasteiger partial charge in [0.15, 0.2) is 0 Å². The fraction of sp³-hybridized carbons (Fsp3) is 0.786. The lowest BCUT2D eigenvalue weighted by Crippen LogP contribution is -2.50. The molecule has 2 saturated carbocycles. The molecule has 2 aliphatic rings. The van der Waals surface area contributed by atoms with E-state index in [9.17, 15) is 14.4 Å². The summed E-state index contributed by atoms with van der Waals surface area (Å²) in [6, 6.07) is -0.673. The van der Waals surface area contributed by atoms with Crippen molar-refractivity contribution in [2.45, 2.75) is 38.6 Å². The highest BCUT2D eigenvalue weighted by atomic mass is 16.4. The van der Waals surface area contributed by atoms with E-state index in [1.54, 1.807) is 0 Å². The monoisotopic (exact) mass is 298 g/mol. The van der Waals surface area contributed by atoms with E-state index in [4.69, 9.17) is 10.2 Å². The Morgan fingerprint density at radius 3 is 2.19 bits per heavy atom. The summed E-state index contributed by atoms with van der Waals surface area (Å²) < 4.78 is 0. The number of hydrogen-bond acceptors (Lipinski definition) is 3. The van der Waals surface area contributed by atoms with Crippen LogP contribution in [0.25, 0.3) is 0 Å². The normalized spacial score (nSPS) is 28.1. The topological polar surface area (TPSA) is 107 Å². The first-order valence-electron chi connectivity index (χ1n) is 7.35. The Morgan fingerprint density at radius 1 is 1.14 bits per heavy atom. The van der Waals surface area contributed by atoms with Crippen molar-refractivity contribution in [2.24, 2.45) is 17.8 Å². The first kappa shape index (κ1) is 15.6. The van der Waals surface area contributed by atoms with Gasteiger partial charge >= 0.3 is 18.0 Å². The highest BCUT2D eigenvalue weighted by Crippen LogP contribution is 2.49. The number of carbonyl (C=O) groups excluding carboxylic acids is 1. The van der Waals surface area contributed by atoms with Gasteiger partial charge < -0.3 is 20.4 Å². The SMILES string of the molecule is CC(NC(=O)N(CC(=O)O)CC(=O)O)C1CC2CCC1C2. The van der Waals surface area contributed by atoms with E-state index in [0.717, 1.165) is 17.2 Å². The predicted octanol–water partition coefficient (Wildman–Crippen LogP) is 0.992. The molecule has 0 aromatic rings. The number of rotatable bonds is 6. The molecule has 2 rings (SSSR count). The summed E-state index contributed by atoms with van der Waals surface area (Å²) in [5.74, 6) is -0.631. The van der Waals surface area contributed by atoms with Crippen molar-refractivity contribution in [2.75, 3.05) is 13.1 Å². The molecule has 0 heterocycles. The maximum Gasteiger partial charge on any atom is 0.323 e. The van der Waals surface area contributed by atoms with Crippen molar-refractivity contribution in [3.05, 3.63) is 0 Å². The van der Waals surface area contributed by atoms with Gasteiger partial charge in [-0.2, -0.15) is 0 Å². The van der Waals surface area contributed by atoms with E-state index in [1.807, 2.05) is 6.92 Å².